The molecule has 0 atom stereocenters. The maximum atomic E-state index is 12.8. The Hall–Kier alpha value is -3.08. The fourth-order valence-electron chi connectivity index (χ4n) is 2.98. The first kappa shape index (κ1) is 15.4. The van der Waals surface area contributed by atoms with E-state index in [9.17, 15) is 13.2 Å². The minimum Gasteiger partial charge on any atom is -0.314 e. The third kappa shape index (κ3) is 2.78. The lowest BCUT2D eigenvalue weighted by Crippen LogP contribution is -2.04. The Labute approximate surface area is 142 Å². The molecule has 0 fully saturated rings. The average molecular weight is 338 g/mol. The van der Waals surface area contributed by atoms with Crippen molar-refractivity contribution in [2.75, 3.05) is 0 Å². The third-order valence-corrected chi connectivity index (χ3v) is 4.16. The van der Waals surface area contributed by atoms with Crippen molar-refractivity contribution in [2.24, 2.45) is 0 Å². The average Bonchev–Trinajstić information content (AvgIpc) is 3.06. The van der Waals surface area contributed by atoms with Crippen molar-refractivity contribution in [3.05, 3.63) is 84.8 Å². The van der Waals surface area contributed by atoms with Crippen molar-refractivity contribution >= 4 is 10.9 Å². The third-order valence-electron chi connectivity index (χ3n) is 4.16. The van der Waals surface area contributed by atoms with E-state index < -0.39 is 11.7 Å². The molecule has 0 N–H and O–H groups in total. The molecule has 25 heavy (non-hydrogen) atoms. The summed E-state index contributed by atoms with van der Waals surface area (Å²) in [6.45, 7) is 0. The highest BCUT2D eigenvalue weighted by Gasteiger charge is 2.30. The molecule has 4 rings (SSSR count). The van der Waals surface area contributed by atoms with Crippen LogP contribution in [0.2, 0.25) is 0 Å². The molecule has 0 radical (unpaired) electrons. The number of hydrogen-bond acceptors (Lipinski definition) is 1. The van der Waals surface area contributed by atoms with Crippen molar-refractivity contribution in [1.82, 2.24) is 9.55 Å². The van der Waals surface area contributed by atoms with Crippen LogP contribution in [0.4, 0.5) is 13.2 Å². The second kappa shape index (κ2) is 5.77. The highest BCUT2D eigenvalue weighted by Crippen LogP contribution is 2.34. The first-order valence-corrected chi connectivity index (χ1v) is 7.72. The predicted molar refractivity (Wildman–Crippen MR) is 91.5 cm³/mol. The van der Waals surface area contributed by atoms with E-state index in [1.54, 1.807) is 12.4 Å². The van der Waals surface area contributed by atoms with Crippen LogP contribution in [0.3, 0.4) is 0 Å². The molecule has 0 bridgehead atoms. The first-order chi connectivity index (χ1) is 12.0. The number of fused-ring (bicyclic) bond motifs is 1. The number of nitrogens with zero attached hydrogens (tertiary/aromatic N) is 2. The van der Waals surface area contributed by atoms with Gasteiger partial charge in [-0.25, -0.2) is 0 Å². The zero-order valence-corrected chi connectivity index (χ0v) is 13.0. The van der Waals surface area contributed by atoms with Gasteiger partial charge >= 0.3 is 6.18 Å². The van der Waals surface area contributed by atoms with Crippen LogP contribution in [-0.4, -0.2) is 9.55 Å². The van der Waals surface area contributed by atoms with Crippen LogP contribution < -0.4 is 0 Å². The van der Waals surface area contributed by atoms with Gasteiger partial charge in [-0.2, -0.15) is 13.2 Å². The van der Waals surface area contributed by atoms with Gasteiger partial charge in [0.05, 0.1) is 23.0 Å². The molecule has 124 valence electrons. The van der Waals surface area contributed by atoms with Gasteiger partial charge in [-0.15, -0.1) is 0 Å². The number of rotatable bonds is 2. The standard InChI is InChI=1S/C20H13F3N2/c21-20(22,23)16-8-6-14(7-9-16)18-5-1-3-15-10-12-25(19(15)18)17-4-2-11-24-13-17/h1-13H. The molecule has 0 saturated heterocycles. The maximum Gasteiger partial charge on any atom is 0.416 e. The van der Waals surface area contributed by atoms with E-state index in [2.05, 4.69) is 4.98 Å². The number of hydrogen-bond donors (Lipinski definition) is 0. The lowest BCUT2D eigenvalue weighted by molar-refractivity contribution is -0.137. The van der Waals surface area contributed by atoms with Crippen molar-refractivity contribution in [3.63, 3.8) is 0 Å². The van der Waals surface area contributed by atoms with Crippen molar-refractivity contribution < 1.29 is 13.2 Å². The van der Waals surface area contributed by atoms with E-state index in [4.69, 9.17) is 0 Å². The Balaban J connectivity index is 1.89. The number of aromatic nitrogens is 2. The van der Waals surface area contributed by atoms with E-state index in [1.807, 2.05) is 47.2 Å². The summed E-state index contributed by atoms with van der Waals surface area (Å²) < 4.78 is 40.4. The Bertz CT molecular complexity index is 1020. The van der Waals surface area contributed by atoms with Gasteiger partial charge in [-0.05, 0) is 35.9 Å². The molecule has 2 aromatic heterocycles. The van der Waals surface area contributed by atoms with Gasteiger partial charge in [-0.1, -0.05) is 30.3 Å². The maximum absolute atomic E-state index is 12.8. The normalized spacial score (nSPS) is 11.8. The zero-order chi connectivity index (χ0) is 17.4. The fraction of sp³-hybridized carbons (Fsp3) is 0.0500. The smallest absolute Gasteiger partial charge is 0.314 e. The molecule has 5 heteroatoms. The van der Waals surface area contributed by atoms with E-state index in [0.717, 1.165) is 39.8 Å². The predicted octanol–water partition coefficient (Wildman–Crippen LogP) is 5.71. The van der Waals surface area contributed by atoms with E-state index in [0.29, 0.717) is 0 Å². The summed E-state index contributed by atoms with van der Waals surface area (Å²) in [5.41, 5.74) is 2.81. The Morgan fingerprint density at radius 2 is 1.64 bits per heavy atom. The molecule has 0 amide bonds. The van der Waals surface area contributed by atoms with Crippen LogP contribution in [-0.2, 0) is 6.18 Å². The summed E-state index contributed by atoms with van der Waals surface area (Å²) >= 11 is 0. The molecular formula is C20H13F3N2. The quantitative estimate of drug-likeness (QED) is 0.458. The summed E-state index contributed by atoms with van der Waals surface area (Å²) in [4.78, 5) is 4.14. The van der Waals surface area contributed by atoms with E-state index in [-0.39, 0.29) is 0 Å². The number of halogens is 3. The van der Waals surface area contributed by atoms with Gasteiger partial charge in [0.1, 0.15) is 0 Å². The van der Waals surface area contributed by atoms with Gasteiger partial charge in [0.25, 0.3) is 0 Å². The molecule has 2 heterocycles. The number of alkyl halides is 3. The van der Waals surface area contributed by atoms with Gasteiger partial charge in [0, 0.05) is 23.3 Å². The Morgan fingerprint density at radius 1 is 0.840 bits per heavy atom. The van der Waals surface area contributed by atoms with Crippen LogP contribution in [0.5, 0.6) is 0 Å². The molecule has 2 nitrogen and oxygen atoms in total. The summed E-state index contributed by atoms with van der Waals surface area (Å²) in [6.07, 6.45) is 1.06. The monoisotopic (exact) mass is 338 g/mol. The SMILES string of the molecule is FC(F)(F)c1ccc(-c2cccc3ccn(-c4cccnc4)c23)cc1. The molecule has 0 aliphatic rings. The summed E-state index contributed by atoms with van der Waals surface area (Å²) in [5, 5.41) is 1.02. The molecule has 0 aliphatic carbocycles. The second-order valence-corrected chi connectivity index (χ2v) is 5.72. The summed E-state index contributed by atoms with van der Waals surface area (Å²) in [6, 6.07) is 16.8. The molecule has 0 spiro atoms. The molecular weight excluding hydrogens is 325 g/mol. The van der Waals surface area contributed by atoms with E-state index in [1.165, 1.54) is 12.1 Å². The molecule has 4 aromatic rings. The van der Waals surface area contributed by atoms with Crippen molar-refractivity contribution in [1.29, 1.82) is 0 Å². The first-order valence-electron chi connectivity index (χ1n) is 7.72. The molecule has 0 saturated carbocycles. The van der Waals surface area contributed by atoms with Crippen LogP contribution in [0.1, 0.15) is 5.56 Å². The van der Waals surface area contributed by atoms with Gasteiger partial charge in [-0.3, -0.25) is 4.98 Å². The highest BCUT2D eigenvalue weighted by atomic mass is 19.4. The lowest BCUT2D eigenvalue weighted by atomic mass is 10.0. The lowest BCUT2D eigenvalue weighted by Gasteiger charge is -2.11. The Kier molecular flexibility index (Phi) is 3.57. The molecule has 2 aromatic carbocycles. The van der Waals surface area contributed by atoms with Gasteiger partial charge in [0.2, 0.25) is 0 Å². The largest absolute Gasteiger partial charge is 0.416 e. The van der Waals surface area contributed by atoms with Gasteiger partial charge in [0.15, 0.2) is 0 Å². The second-order valence-electron chi connectivity index (χ2n) is 5.72. The van der Waals surface area contributed by atoms with Crippen LogP contribution >= 0.6 is 0 Å². The summed E-state index contributed by atoms with van der Waals surface area (Å²) in [7, 11) is 0. The number of pyridine rings is 1. The minimum absolute atomic E-state index is 0.647. The van der Waals surface area contributed by atoms with Crippen molar-refractivity contribution in [3.8, 4) is 16.8 Å². The number of para-hydroxylation sites is 1. The summed E-state index contributed by atoms with van der Waals surface area (Å²) in [5.74, 6) is 0. The Morgan fingerprint density at radius 3 is 2.32 bits per heavy atom. The minimum atomic E-state index is -4.33. The molecule has 0 aliphatic heterocycles. The molecule has 0 unspecified atom stereocenters. The van der Waals surface area contributed by atoms with Crippen molar-refractivity contribution in [2.45, 2.75) is 6.18 Å². The number of benzene rings is 2. The topological polar surface area (TPSA) is 17.8 Å². The van der Waals surface area contributed by atoms with Crippen LogP contribution in [0.15, 0.2) is 79.3 Å². The van der Waals surface area contributed by atoms with Crippen LogP contribution in [0.25, 0.3) is 27.7 Å². The highest BCUT2D eigenvalue weighted by molar-refractivity contribution is 5.95. The van der Waals surface area contributed by atoms with E-state index >= 15 is 0 Å². The zero-order valence-electron chi connectivity index (χ0n) is 13.0. The van der Waals surface area contributed by atoms with Gasteiger partial charge < -0.3 is 4.57 Å². The fourth-order valence-corrected chi connectivity index (χ4v) is 2.98. The van der Waals surface area contributed by atoms with Crippen LogP contribution in [0, 0.1) is 0 Å².